The van der Waals surface area contributed by atoms with Crippen molar-refractivity contribution in [2.45, 2.75) is 26.2 Å². The summed E-state index contributed by atoms with van der Waals surface area (Å²) < 4.78 is 0. The van der Waals surface area contributed by atoms with Gasteiger partial charge in [0.1, 0.15) is 5.02 Å². The second kappa shape index (κ2) is 4.33. The molecule has 0 unspecified atom stereocenters. The molecule has 6 heteroatoms. The molecule has 0 heterocycles. The first-order valence-electron chi connectivity index (χ1n) is 4.93. The molecular weight excluding hydrogens is 244 g/mol. The predicted molar refractivity (Wildman–Crippen MR) is 65.3 cm³/mol. The minimum atomic E-state index is -0.699. The van der Waals surface area contributed by atoms with Crippen LogP contribution in [0.3, 0.4) is 0 Å². The largest absolute Gasteiger partial charge is 0.366 e. The van der Waals surface area contributed by atoms with Crippen LogP contribution in [0.5, 0.6) is 0 Å². The summed E-state index contributed by atoms with van der Waals surface area (Å²) in [6.45, 7) is 5.29. The number of rotatable bonds is 2. The Morgan fingerprint density at radius 1 is 1.41 bits per heavy atom. The third-order valence-electron chi connectivity index (χ3n) is 2.33. The summed E-state index contributed by atoms with van der Waals surface area (Å²) in [7, 11) is 0. The summed E-state index contributed by atoms with van der Waals surface area (Å²) in [5.41, 5.74) is 4.77. The molecule has 0 atom stereocenters. The summed E-state index contributed by atoms with van der Waals surface area (Å²) in [5, 5.41) is 11.0. The maximum atomic E-state index is 11.3. The zero-order valence-corrected chi connectivity index (χ0v) is 10.5. The SMILES string of the molecule is CC(C)(C)c1c(C(N)=O)ccc(Cl)c1[N+](=O)[O-]. The predicted octanol–water partition coefficient (Wildman–Crippen LogP) is 2.64. The molecule has 0 aliphatic heterocycles. The summed E-state index contributed by atoms with van der Waals surface area (Å²) in [6, 6.07) is 2.73. The molecule has 0 fully saturated rings. The van der Waals surface area contributed by atoms with E-state index in [1.54, 1.807) is 20.8 Å². The molecule has 1 aromatic rings. The smallest absolute Gasteiger partial charge is 0.292 e. The van der Waals surface area contributed by atoms with E-state index in [9.17, 15) is 14.9 Å². The topological polar surface area (TPSA) is 86.2 Å². The van der Waals surface area contributed by atoms with Crippen LogP contribution in [0.2, 0.25) is 5.02 Å². The Morgan fingerprint density at radius 3 is 2.29 bits per heavy atom. The highest BCUT2D eigenvalue weighted by Gasteiger charge is 2.32. The van der Waals surface area contributed by atoms with Crippen LogP contribution >= 0.6 is 11.6 Å². The van der Waals surface area contributed by atoms with Crippen LogP contribution < -0.4 is 5.73 Å². The van der Waals surface area contributed by atoms with Crippen LogP contribution in [0, 0.1) is 10.1 Å². The summed E-state index contributed by atoms with van der Waals surface area (Å²) in [5.74, 6) is -0.699. The van der Waals surface area contributed by atoms with Crippen LogP contribution in [0.1, 0.15) is 36.7 Å². The first kappa shape index (κ1) is 13.4. The Kier molecular flexibility index (Phi) is 3.43. The van der Waals surface area contributed by atoms with Crippen molar-refractivity contribution in [3.05, 3.63) is 38.4 Å². The van der Waals surface area contributed by atoms with E-state index >= 15 is 0 Å². The van der Waals surface area contributed by atoms with Gasteiger partial charge < -0.3 is 5.73 Å². The van der Waals surface area contributed by atoms with Crippen LogP contribution in [0.4, 0.5) is 5.69 Å². The minimum Gasteiger partial charge on any atom is -0.366 e. The van der Waals surface area contributed by atoms with Crippen LogP contribution in [0.25, 0.3) is 0 Å². The van der Waals surface area contributed by atoms with E-state index in [2.05, 4.69) is 0 Å². The molecular formula is C11H13ClN2O3. The summed E-state index contributed by atoms with van der Waals surface area (Å²) >= 11 is 5.81. The van der Waals surface area contributed by atoms with E-state index in [0.29, 0.717) is 0 Å². The number of hydrogen-bond donors (Lipinski definition) is 1. The lowest BCUT2D eigenvalue weighted by atomic mass is 9.82. The van der Waals surface area contributed by atoms with Crippen LogP contribution in [0.15, 0.2) is 12.1 Å². The monoisotopic (exact) mass is 256 g/mol. The zero-order chi connectivity index (χ0) is 13.4. The molecule has 2 N–H and O–H groups in total. The van der Waals surface area contributed by atoms with Gasteiger partial charge in [-0.2, -0.15) is 0 Å². The molecule has 0 saturated carbocycles. The Bertz CT molecular complexity index is 492. The molecule has 92 valence electrons. The Labute approximate surface area is 104 Å². The second-order valence-corrected chi connectivity index (χ2v) is 5.10. The molecule has 1 amide bonds. The molecule has 0 radical (unpaired) electrons. The molecule has 0 aromatic heterocycles. The van der Waals surface area contributed by atoms with E-state index in [-0.39, 0.29) is 21.8 Å². The lowest BCUT2D eigenvalue weighted by molar-refractivity contribution is -0.385. The van der Waals surface area contributed by atoms with E-state index in [1.165, 1.54) is 12.1 Å². The third-order valence-corrected chi connectivity index (χ3v) is 2.63. The number of hydrogen-bond acceptors (Lipinski definition) is 3. The van der Waals surface area contributed by atoms with Crippen molar-refractivity contribution >= 4 is 23.2 Å². The minimum absolute atomic E-state index is 0.00456. The van der Waals surface area contributed by atoms with Gasteiger partial charge in [0.15, 0.2) is 0 Å². The molecule has 0 bridgehead atoms. The van der Waals surface area contributed by atoms with Gasteiger partial charge in [0, 0.05) is 11.1 Å². The first-order chi connectivity index (χ1) is 7.66. The van der Waals surface area contributed by atoms with E-state index in [1.807, 2.05) is 0 Å². The molecule has 0 saturated heterocycles. The quantitative estimate of drug-likeness (QED) is 0.652. The van der Waals surface area contributed by atoms with Crippen LogP contribution in [-0.2, 0) is 5.41 Å². The van der Waals surface area contributed by atoms with Gasteiger partial charge in [-0.15, -0.1) is 0 Å². The number of carbonyl (C=O) groups excluding carboxylic acids is 1. The number of amides is 1. The van der Waals surface area contributed by atoms with Gasteiger partial charge >= 0.3 is 0 Å². The highest BCUT2D eigenvalue weighted by Crippen LogP contribution is 2.38. The fraction of sp³-hybridized carbons (Fsp3) is 0.364. The molecule has 5 nitrogen and oxygen atoms in total. The van der Waals surface area contributed by atoms with E-state index in [4.69, 9.17) is 17.3 Å². The van der Waals surface area contributed by atoms with E-state index < -0.39 is 16.2 Å². The standard InChI is InChI=1S/C11H13ClN2O3/c1-11(2,3)8-6(10(13)15)4-5-7(12)9(8)14(16)17/h4-5H,1-3H3,(H2,13,15). The Balaban J connectivity index is 3.75. The number of benzene rings is 1. The number of carbonyl (C=O) groups is 1. The Morgan fingerprint density at radius 2 is 1.94 bits per heavy atom. The van der Waals surface area contributed by atoms with Crippen molar-refractivity contribution in [3.63, 3.8) is 0 Å². The number of nitro groups is 1. The molecule has 17 heavy (non-hydrogen) atoms. The van der Waals surface area contributed by atoms with Gasteiger partial charge in [0.25, 0.3) is 5.69 Å². The van der Waals surface area contributed by atoms with Crippen molar-refractivity contribution in [2.75, 3.05) is 0 Å². The summed E-state index contributed by atoms with van der Waals surface area (Å²) in [6.07, 6.45) is 0. The van der Waals surface area contributed by atoms with Gasteiger partial charge in [-0.3, -0.25) is 14.9 Å². The van der Waals surface area contributed by atoms with E-state index in [0.717, 1.165) is 0 Å². The van der Waals surface area contributed by atoms with Crippen LogP contribution in [-0.4, -0.2) is 10.8 Å². The summed E-state index contributed by atoms with van der Waals surface area (Å²) in [4.78, 5) is 21.8. The molecule has 1 aromatic carbocycles. The highest BCUT2D eigenvalue weighted by atomic mass is 35.5. The number of halogens is 1. The van der Waals surface area contributed by atoms with Gasteiger partial charge in [0.05, 0.1) is 4.92 Å². The third kappa shape index (κ3) is 2.55. The number of nitro benzene ring substituents is 1. The van der Waals surface area contributed by atoms with Crippen molar-refractivity contribution in [1.29, 1.82) is 0 Å². The lowest BCUT2D eigenvalue weighted by Gasteiger charge is -2.21. The highest BCUT2D eigenvalue weighted by molar-refractivity contribution is 6.33. The lowest BCUT2D eigenvalue weighted by Crippen LogP contribution is -2.23. The molecule has 0 spiro atoms. The van der Waals surface area contributed by atoms with Crippen molar-refractivity contribution < 1.29 is 9.72 Å². The average molecular weight is 257 g/mol. The van der Waals surface area contributed by atoms with Crippen molar-refractivity contribution in [2.24, 2.45) is 5.73 Å². The van der Waals surface area contributed by atoms with Crippen molar-refractivity contribution in [3.8, 4) is 0 Å². The fourth-order valence-corrected chi connectivity index (χ4v) is 1.94. The van der Waals surface area contributed by atoms with Gasteiger partial charge in [0.2, 0.25) is 5.91 Å². The van der Waals surface area contributed by atoms with Crippen molar-refractivity contribution in [1.82, 2.24) is 0 Å². The molecule has 0 aliphatic carbocycles. The number of primary amides is 1. The molecule has 1 rings (SSSR count). The maximum Gasteiger partial charge on any atom is 0.292 e. The van der Waals surface area contributed by atoms with Gasteiger partial charge in [-0.1, -0.05) is 32.4 Å². The molecule has 0 aliphatic rings. The Hall–Kier alpha value is -1.62. The maximum absolute atomic E-state index is 11.3. The zero-order valence-electron chi connectivity index (χ0n) is 9.78. The second-order valence-electron chi connectivity index (χ2n) is 4.69. The number of nitrogens with two attached hydrogens (primary N) is 1. The fourth-order valence-electron chi connectivity index (χ4n) is 1.71. The first-order valence-corrected chi connectivity index (χ1v) is 5.31. The number of nitrogens with zero attached hydrogens (tertiary/aromatic N) is 1. The normalized spacial score (nSPS) is 11.3. The van der Waals surface area contributed by atoms with Gasteiger partial charge in [-0.05, 0) is 17.5 Å². The average Bonchev–Trinajstić information content (AvgIpc) is 2.14. The van der Waals surface area contributed by atoms with Gasteiger partial charge in [-0.25, -0.2) is 0 Å².